The molecular formula is C23H30N2O5. The largest absolute Gasteiger partial charge is 0.462 e. The Bertz CT molecular complexity index is 798. The Hall–Kier alpha value is -2.70. The summed E-state index contributed by atoms with van der Waals surface area (Å²) in [5.41, 5.74) is 0.769. The molecule has 3 amide bonds. The molecule has 1 saturated heterocycles. The Labute approximate surface area is 177 Å². The molecule has 0 bridgehead atoms. The van der Waals surface area contributed by atoms with Gasteiger partial charge < -0.3 is 9.64 Å². The van der Waals surface area contributed by atoms with E-state index in [9.17, 15) is 19.2 Å². The van der Waals surface area contributed by atoms with Gasteiger partial charge >= 0.3 is 5.97 Å². The number of benzene rings is 1. The quantitative estimate of drug-likeness (QED) is 0.504. The maximum Gasteiger partial charge on any atom is 0.338 e. The summed E-state index contributed by atoms with van der Waals surface area (Å²) < 4.78 is 4.97. The molecule has 2 fully saturated rings. The summed E-state index contributed by atoms with van der Waals surface area (Å²) >= 11 is 0. The number of hydrogen-bond donors (Lipinski definition) is 0. The smallest absolute Gasteiger partial charge is 0.338 e. The maximum absolute atomic E-state index is 13.3. The highest BCUT2D eigenvalue weighted by Gasteiger charge is 2.46. The fourth-order valence-electron chi connectivity index (χ4n) is 4.40. The van der Waals surface area contributed by atoms with Crippen LogP contribution in [0.1, 0.15) is 75.6 Å². The second kappa shape index (κ2) is 9.87. The molecule has 30 heavy (non-hydrogen) atoms. The molecular weight excluding hydrogens is 384 g/mol. The molecule has 0 spiro atoms. The molecule has 1 aromatic carbocycles. The van der Waals surface area contributed by atoms with Crippen molar-refractivity contribution < 1.29 is 23.9 Å². The Morgan fingerprint density at radius 3 is 2.33 bits per heavy atom. The summed E-state index contributed by atoms with van der Waals surface area (Å²) in [5.74, 6) is -1.18. The van der Waals surface area contributed by atoms with Crippen LogP contribution in [-0.4, -0.2) is 47.3 Å². The van der Waals surface area contributed by atoms with Gasteiger partial charge in [0.15, 0.2) is 0 Å². The number of rotatable bonds is 7. The first-order valence-corrected chi connectivity index (χ1v) is 10.9. The van der Waals surface area contributed by atoms with Crippen molar-refractivity contribution in [2.24, 2.45) is 0 Å². The minimum Gasteiger partial charge on any atom is -0.462 e. The Balaban J connectivity index is 1.82. The zero-order valence-electron chi connectivity index (χ0n) is 17.8. The number of carbonyl (C=O) groups excluding carboxylic acids is 4. The van der Waals surface area contributed by atoms with Crippen molar-refractivity contribution in [2.45, 2.75) is 77.3 Å². The summed E-state index contributed by atoms with van der Waals surface area (Å²) in [6.07, 6.45) is 6.05. The zero-order chi connectivity index (χ0) is 21.7. The summed E-state index contributed by atoms with van der Waals surface area (Å²) in [6.45, 7) is 3.94. The highest BCUT2D eigenvalue weighted by atomic mass is 16.5. The van der Waals surface area contributed by atoms with Crippen LogP contribution in [0.15, 0.2) is 24.3 Å². The molecule has 162 valence electrons. The lowest BCUT2D eigenvalue weighted by molar-refractivity contribution is -0.141. The minimum absolute atomic E-state index is 0.00438. The SMILES string of the molecule is CCCC(=O)N(C1CCCCC1)C1CC(=O)N(c2ccc(C(=O)OCC)cc2)C1=O. The van der Waals surface area contributed by atoms with Crippen LogP contribution < -0.4 is 4.90 Å². The molecule has 1 atom stereocenters. The molecule has 7 heteroatoms. The van der Waals surface area contributed by atoms with Crippen molar-refractivity contribution in [1.82, 2.24) is 4.90 Å². The van der Waals surface area contributed by atoms with Crippen LogP contribution in [0.25, 0.3) is 0 Å². The summed E-state index contributed by atoms with van der Waals surface area (Å²) in [4.78, 5) is 53.6. The van der Waals surface area contributed by atoms with Crippen molar-refractivity contribution in [3.05, 3.63) is 29.8 Å². The third kappa shape index (κ3) is 4.55. The predicted molar refractivity (Wildman–Crippen MR) is 112 cm³/mol. The second-order valence-corrected chi connectivity index (χ2v) is 7.90. The van der Waals surface area contributed by atoms with E-state index >= 15 is 0 Å². The van der Waals surface area contributed by atoms with E-state index in [1.807, 2.05) is 6.92 Å². The number of hydrogen-bond acceptors (Lipinski definition) is 5. The summed E-state index contributed by atoms with van der Waals surface area (Å²) in [6, 6.07) is 5.51. The van der Waals surface area contributed by atoms with E-state index in [2.05, 4.69) is 0 Å². The summed E-state index contributed by atoms with van der Waals surface area (Å²) in [7, 11) is 0. The van der Waals surface area contributed by atoms with Gasteiger partial charge in [0.2, 0.25) is 11.8 Å². The van der Waals surface area contributed by atoms with Crippen LogP contribution in [0.4, 0.5) is 5.69 Å². The van der Waals surface area contributed by atoms with Crippen molar-refractivity contribution in [1.29, 1.82) is 0 Å². The van der Waals surface area contributed by atoms with Crippen molar-refractivity contribution >= 4 is 29.4 Å². The molecule has 3 rings (SSSR count). The van der Waals surface area contributed by atoms with E-state index in [-0.39, 0.29) is 36.8 Å². The molecule has 1 aromatic rings. The third-order valence-corrected chi connectivity index (χ3v) is 5.82. The predicted octanol–water partition coefficient (Wildman–Crippen LogP) is 3.46. The first-order chi connectivity index (χ1) is 14.5. The third-order valence-electron chi connectivity index (χ3n) is 5.82. The molecule has 0 radical (unpaired) electrons. The number of nitrogens with zero attached hydrogens (tertiary/aromatic N) is 2. The Morgan fingerprint density at radius 1 is 1.07 bits per heavy atom. The van der Waals surface area contributed by atoms with E-state index < -0.39 is 12.0 Å². The number of imide groups is 1. The topological polar surface area (TPSA) is 84.0 Å². The zero-order valence-corrected chi connectivity index (χ0v) is 17.8. The maximum atomic E-state index is 13.3. The van der Waals surface area contributed by atoms with Gasteiger partial charge in [0, 0.05) is 12.5 Å². The lowest BCUT2D eigenvalue weighted by Crippen LogP contribution is -2.51. The Morgan fingerprint density at radius 2 is 1.73 bits per heavy atom. The average Bonchev–Trinajstić information content (AvgIpc) is 3.03. The summed E-state index contributed by atoms with van der Waals surface area (Å²) in [5, 5.41) is 0. The monoisotopic (exact) mass is 414 g/mol. The van der Waals surface area contributed by atoms with Gasteiger partial charge in [0.25, 0.3) is 5.91 Å². The van der Waals surface area contributed by atoms with E-state index in [1.165, 1.54) is 0 Å². The van der Waals surface area contributed by atoms with Crippen LogP contribution in [0, 0.1) is 0 Å². The van der Waals surface area contributed by atoms with E-state index in [0.29, 0.717) is 24.1 Å². The number of amides is 3. The second-order valence-electron chi connectivity index (χ2n) is 7.90. The number of ether oxygens (including phenoxy) is 1. The van der Waals surface area contributed by atoms with Crippen molar-refractivity contribution in [2.75, 3.05) is 11.5 Å². The fourth-order valence-corrected chi connectivity index (χ4v) is 4.40. The first-order valence-electron chi connectivity index (χ1n) is 10.9. The molecule has 1 saturated carbocycles. The average molecular weight is 415 g/mol. The lowest BCUT2D eigenvalue weighted by atomic mass is 9.92. The van der Waals surface area contributed by atoms with Crippen LogP contribution in [0.2, 0.25) is 0 Å². The van der Waals surface area contributed by atoms with Gasteiger partial charge in [0.05, 0.1) is 24.3 Å². The van der Waals surface area contributed by atoms with Crippen LogP contribution in [0.3, 0.4) is 0 Å². The standard InChI is InChI=1S/C23H30N2O5/c1-3-8-20(26)24(17-9-6-5-7-10-17)19-15-21(27)25(22(19)28)18-13-11-16(12-14-18)23(29)30-4-2/h11-14,17,19H,3-10,15H2,1-2H3. The molecule has 0 aromatic heterocycles. The van der Waals surface area contributed by atoms with Gasteiger partial charge in [-0.1, -0.05) is 26.2 Å². The molecule has 2 aliphatic rings. The van der Waals surface area contributed by atoms with Crippen LogP contribution in [-0.2, 0) is 19.1 Å². The van der Waals surface area contributed by atoms with Crippen LogP contribution in [0.5, 0.6) is 0 Å². The van der Waals surface area contributed by atoms with E-state index in [1.54, 1.807) is 36.1 Å². The van der Waals surface area contributed by atoms with Crippen LogP contribution >= 0.6 is 0 Å². The normalized spacial score (nSPS) is 19.8. The molecule has 1 heterocycles. The molecule has 0 N–H and O–H groups in total. The van der Waals surface area contributed by atoms with Gasteiger partial charge in [-0.2, -0.15) is 0 Å². The molecule has 7 nitrogen and oxygen atoms in total. The van der Waals surface area contributed by atoms with Gasteiger partial charge in [-0.15, -0.1) is 0 Å². The number of carbonyl (C=O) groups is 4. The first kappa shape index (κ1) is 22.0. The van der Waals surface area contributed by atoms with Crippen molar-refractivity contribution in [3.8, 4) is 0 Å². The van der Waals surface area contributed by atoms with Gasteiger partial charge in [-0.05, 0) is 50.5 Å². The van der Waals surface area contributed by atoms with E-state index in [4.69, 9.17) is 4.74 Å². The number of anilines is 1. The fraction of sp³-hybridized carbons (Fsp3) is 0.565. The van der Waals surface area contributed by atoms with Crippen molar-refractivity contribution in [3.63, 3.8) is 0 Å². The lowest BCUT2D eigenvalue weighted by Gasteiger charge is -2.37. The molecule has 1 unspecified atom stereocenters. The van der Waals surface area contributed by atoms with E-state index in [0.717, 1.165) is 37.0 Å². The number of esters is 1. The highest BCUT2D eigenvalue weighted by Crippen LogP contribution is 2.31. The molecule has 1 aliphatic heterocycles. The van der Waals surface area contributed by atoms with Gasteiger partial charge in [-0.3, -0.25) is 14.4 Å². The molecule has 1 aliphatic carbocycles. The van der Waals surface area contributed by atoms with Gasteiger partial charge in [0.1, 0.15) is 6.04 Å². The van der Waals surface area contributed by atoms with Gasteiger partial charge in [-0.25, -0.2) is 9.69 Å². The highest BCUT2D eigenvalue weighted by molar-refractivity contribution is 6.23. The minimum atomic E-state index is -0.746. The Kier molecular flexibility index (Phi) is 7.24.